The first kappa shape index (κ1) is 14.2. The fourth-order valence-electron chi connectivity index (χ4n) is 1.52. The number of hydrogen-bond acceptors (Lipinski definition) is 4. The summed E-state index contributed by atoms with van der Waals surface area (Å²) in [5.41, 5.74) is 6.65. The molecular weight excluding hydrogens is 244 g/mol. The molecule has 0 aliphatic heterocycles. The van der Waals surface area contributed by atoms with Crippen LogP contribution < -0.4 is 10.5 Å². The quantitative estimate of drug-likeness (QED) is 0.651. The zero-order valence-electron chi connectivity index (χ0n) is 10.2. The van der Waals surface area contributed by atoms with Crippen LogP contribution in [-0.2, 0) is 16.0 Å². The number of hydrogen-bond donors (Lipinski definition) is 1. The minimum Gasteiger partial charge on any atom is -0.466 e. The third kappa shape index (κ3) is 3.58. The van der Waals surface area contributed by atoms with E-state index in [9.17, 15) is 13.6 Å². The molecule has 0 spiro atoms. The van der Waals surface area contributed by atoms with Crippen molar-refractivity contribution in [2.45, 2.75) is 26.9 Å². The second-order valence-electron chi connectivity index (χ2n) is 3.64. The second-order valence-corrected chi connectivity index (χ2v) is 3.64. The van der Waals surface area contributed by atoms with Crippen molar-refractivity contribution >= 4 is 11.7 Å². The molecule has 0 radical (unpaired) electrons. The van der Waals surface area contributed by atoms with Crippen LogP contribution in [0.4, 0.5) is 14.5 Å². The number of rotatable bonds is 5. The average Bonchev–Trinajstić information content (AvgIpc) is 2.28. The van der Waals surface area contributed by atoms with Crippen LogP contribution in [0.5, 0.6) is 5.75 Å². The summed E-state index contributed by atoms with van der Waals surface area (Å²) in [4.78, 5) is 11.3. The molecule has 1 rings (SSSR count). The van der Waals surface area contributed by atoms with Gasteiger partial charge >= 0.3 is 12.6 Å². The van der Waals surface area contributed by atoms with Gasteiger partial charge in [0.25, 0.3) is 0 Å². The number of aryl methyl sites for hydroxylation is 1. The van der Waals surface area contributed by atoms with Crippen molar-refractivity contribution in [3.63, 3.8) is 0 Å². The van der Waals surface area contributed by atoms with E-state index in [1.54, 1.807) is 26.0 Å². The Labute approximate surface area is 104 Å². The number of benzene rings is 1. The van der Waals surface area contributed by atoms with Crippen LogP contribution in [0.25, 0.3) is 0 Å². The molecule has 0 heterocycles. The number of anilines is 1. The van der Waals surface area contributed by atoms with Gasteiger partial charge in [-0.15, -0.1) is 0 Å². The Morgan fingerprint density at radius 3 is 2.67 bits per heavy atom. The summed E-state index contributed by atoms with van der Waals surface area (Å²) in [7, 11) is 0. The lowest BCUT2D eigenvalue weighted by Gasteiger charge is -2.14. The molecule has 0 bridgehead atoms. The van der Waals surface area contributed by atoms with Gasteiger partial charge in [-0.25, -0.2) is 0 Å². The molecular formula is C12H15F2NO3. The number of esters is 1. The number of alkyl halides is 2. The summed E-state index contributed by atoms with van der Waals surface area (Å²) in [5, 5.41) is 0. The van der Waals surface area contributed by atoms with Crippen LogP contribution in [0.1, 0.15) is 18.1 Å². The Bertz CT molecular complexity index is 436. The Morgan fingerprint density at radius 2 is 2.11 bits per heavy atom. The highest BCUT2D eigenvalue weighted by molar-refractivity contribution is 5.76. The molecule has 0 aromatic heterocycles. The summed E-state index contributed by atoms with van der Waals surface area (Å²) in [6, 6.07) is 3.17. The number of ether oxygens (including phenoxy) is 2. The highest BCUT2D eigenvalue weighted by Crippen LogP contribution is 2.31. The molecule has 1 aromatic carbocycles. The minimum absolute atomic E-state index is 0.0448. The van der Waals surface area contributed by atoms with Crippen molar-refractivity contribution in [3.05, 3.63) is 23.3 Å². The van der Waals surface area contributed by atoms with E-state index < -0.39 is 12.6 Å². The zero-order chi connectivity index (χ0) is 13.7. The molecule has 6 heteroatoms. The van der Waals surface area contributed by atoms with E-state index in [1.165, 1.54) is 0 Å². The van der Waals surface area contributed by atoms with Crippen molar-refractivity contribution in [2.75, 3.05) is 12.3 Å². The normalized spacial score (nSPS) is 10.5. The summed E-state index contributed by atoms with van der Waals surface area (Å²) >= 11 is 0. The third-order valence-electron chi connectivity index (χ3n) is 2.33. The highest BCUT2D eigenvalue weighted by Gasteiger charge is 2.16. The maximum Gasteiger partial charge on any atom is 0.387 e. The fourth-order valence-corrected chi connectivity index (χ4v) is 1.52. The van der Waals surface area contributed by atoms with Gasteiger partial charge in [0.2, 0.25) is 0 Å². The smallest absolute Gasteiger partial charge is 0.387 e. The maximum absolute atomic E-state index is 12.2. The maximum atomic E-state index is 12.2. The van der Waals surface area contributed by atoms with E-state index in [4.69, 9.17) is 10.5 Å². The summed E-state index contributed by atoms with van der Waals surface area (Å²) in [6.07, 6.45) is -0.0699. The molecule has 0 saturated carbocycles. The number of carbonyl (C=O) groups is 1. The van der Waals surface area contributed by atoms with Gasteiger partial charge in [0.15, 0.2) is 5.75 Å². The number of nitrogen functional groups attached to an aromatic ring is 1. The molecule has 0 aliphatic carbocycles. The fraction of sp³-hybridized carbons (Fsp3) is 0.417. The molecule has 0 atom stereocenters. The lowest BCUT2D eigenvalue weighted by atomic mass is 10.1. The molecule has 2 N–H and O–H groups in total. The van der Waals surface area contributed by atoms with Crippen LogP contribution in [0.2, 0.25) is 0 Å². The first-order chi connectivity index (χ1) is 8.45. The molecule has 0 saturated heterocycles. The van der Waals surface area contributed by atoms with Crippen molar-refractivity contribution in [3.8, 4) is 5.75 Å². The summed E-state index contributed by atoms with van der Waals surface area (Å²) < 4.78 is 33.6. The SMILES string of the molecule is CCOC(=O)Cc1ccc(C)c(OC(F)F)c1N. The van der Waals surface area contributed by atoms with E-state index in [-0.39, 0.29) is 24.5 Å². The lowest BCUT2D eigenvalue weighted by molar-refractivity contribution is -0.142. The number of halogens is 2. The number of nitrogens with two attached hydrogens (primary N) is 1. The summed E-state index contributed by atoms with van der Waals surface area (Å²) in [5.74, 6) is -0.553. The number of carbonyl (C=O) groups excluding carboxylic acids is 1. The first-order valence-electron chi connectivity index (χ1n) is 5.44. The van der Waals surface area contributed by atoms with Crippen molar-refractivity contribution < 1.29 is 23.0 Å². The van der Waals surface area contributed by atoms with Crippen molar-refractivity contribution in [1.29, 1.82) is 0 Å². The van der Waals surface area contributed by atoms with Crippen molar-refractivity contribution in [2.24, 2.45) is 0 Å². The van der Waals surface area contributed by atoms with Gasteiger partial charge in [0.05, 0.1) is 18.7 Å². The first-order valence-corrected chi connectivity index (χ1v) is 5.44. The Kier molecular flexibility index (Phi) is 4.88. The van der Waals surface area contributed by atoms with Gasteiger partial charge in [-0.05, 0) is 25.0 Å². The van der Waals surface area contributed by atoms with Gasteiger partial charge in [0.1, 0.15) is 0 Å². The van der Waals surface area contributed by atoms with E-state index in [2.05, 4.69) is 4.74 Å². The van der Waals surface area contributed by atoms with Crippen LogP contribution in [0, 0.1) is 6.92 Å². The van der Waals surface area contributed by atoms with Gasteiger partial charge in [-0.1, -0.05) is 12.1 Å². The molecule has 0 unspecified atom stereocenters. The van der Waals surface area contributed by atoms with Gasteiger partial charge in [-0.2, -0.15) is 8.78 Å². The predicted octanol–water partition coefficient (Wildman–Crippen LogP) is 2.28. The zero-order valence-corrected chi connectivity index (χ0v) is 10.2. The van der Waals surface area contributed by atoms with E-state index in [0.717, 1.165) is 0 Å². The Morgan fingerprint density at radius 1 is 1.44 bits per heavy atom. The van der Waals surface area contributed by atoms with Gasteiger partial charge in [-0.3, -0.25) is 4.79 Å². The molecule has 18 heavy (non-hydrogen) atoms. The lowest BCUT2D eigenvalue weighted by Crippen LogP contribution is -2.12. The molecule has 0 amide bonds. The molecule has 4 nitrogen and oxygen atoms in total. The highest BCUT2D eigenvalue weighted by atomic mass is 19.3. The van der Waals surface area contributed by atoms with E-state index >= 15 is 0 Å². The standard InChI is InChI=1S/C12H15F2NO3/c1-3-17-9(16)6-8-5-4-7(2)11(10(8)15)18-12(13)14/h4-5,12H,3,6,15H2,1-2H3. The van der Waals surface area contributed by atoms with Crippen LogP contribution >= 0.6 is 0 Å². The van der Waals surface area contributed by atoms with Crippen LogP contribution in [0.3, 0.4) is 0 Å². The minimum atomic E-state index is -2.95. The predicted molar refractivity (Wildman–Crippen MR) is 62.6 cm³/mol. The monoisotopic (exact) mass is 259 g/mol. The van der Waals surface area contributed by atoms with E-state index in [0.29, 0.717) is 11.1 Å². The largest absolute Gasteiger partial charge is 0.466 e. The van der Waals surface area contributed by atoms with Crippen molar-refractivity contribution in [1.82, 2.24) is 0 Å². The molecule has 0 aliphatic rings. The Hall–Kier alpha value is -1.85. The van der Waals surface area contributed by atoms with Gasteiger partial charge in [0, 0.05) is 0 Å². The van der Waals surface area contributed by atoms with Gasteiger partial charge < -0.3 is 15.2 Å². The second kappa shape index (κ2) is 6.18. The van der Waals surface area contributed by atoms with Crippen LogP contribution in [-0.4, -0.2) is 19.2 Å². The molecule has 100 valence electrons. The average molecular weight is 259 g/mol. The topological polar surface area (TPSA) is 61.5 Å². The summed E-state index contributed by atoms with van der Waals surface area (Å²) in [6.45, 7) is 0.582. The van der Waals surface area contributed by atoms with Crippen LogP contribution in [0.15, 0.2) is 12.1 Å². The molecule has 0 fully saturated rings. The van der Waals surface area contributed by atoms with E-state index in [1.807, 2.05) is 0 Å². The molecule has 1 aromatic rings. The Balaban J connectivity index is 2.97. The third-order valence-corrected chi connectivity index (χ3v) is 2.33.